The van der Waals surface area contributed by atoms with Crippen molar-refractivity contribution in [3.8, 4) is 0 Å². The zero-order valence-corrected chi connectivity index (χ0v) is 9.07. The molecule has 1 heterocycles. The highest BCUT2D eigenvalue weighted by Gasteiger charge is 2.32. The van der Waals surface area contributed by atoms with E-state index in [2.05, 4.69) is 15.5 Å². The zero-order valence-electron chi connectivity index (χ0n) is 9.07. The van der Waals surface area contributed by atoms with Gasteiger partial charge in [0.15, 0.2) is 5.69 Å². The quantitative estimate of drug-likeness (QED) is 0.729. The summed E-state index contributed by atoms with van der Waals surface area (Å²) in [5.74, 6) is 0.175. The molecule has 1 aromatic heterocycles. The fourth-order valence-corrected chi connectivity index (χ4v) is 0.971. The second-order valence-electron chi connectivity index (χ2n) is 3.59. The second-order valence-corrected chi connectivity index (χ2v) is 3.59. The lowest BCUT2D eigenvalue weighted by atomic mass is 10.2. The minimum atomic E-state index is -4.50. The number of aliphatic hydroxyl groups excluding tert-OH is 1. The number of alkyl halides is 3. The van der Waals surface area contributed by atoms with Gasteiger partial charge in [-0.2, -0.15) is 13.2 Å². The molecule has 1 rings (SSSR count). The number of hydrogen-bond acceptors (Lipinski definition) is 5. The number of nitrogens with zero attached hydrogens (tertiary/aromatic N) is 2. The van der Waals surface area contributed by atoms with Crippen LogP contribution in [0.15, 0.2) is 12.1 Å². The number of nitrogens with one attached hydrogen (secondary N) is 1. The fourth-order valence-electron chi connectivity index (χ4n) is 0.971. The Balaban J connectivity index is 2.57. The average Bonchev–Trinajstić information content (AvgIpc) is 2.25. The molecule has 0 amide bonds. The molecule has 0 aromatic carbocycles. The molecular formula is C9H13F3N4O. The van der Waals surface area contributed by atoms with E-state index in [0.717, 1.165) is 12.1 Å². The van der Waals surface area contributed by atoms with Crippen LogP contribution in [0.5, 0.6) is 0 Å². The predicted molar refractivity (Wildman–Crippen MR) is 55.2 cm³/mol. The van der Waals surface area contributed by atoms with E-state index in [9.17, 15) is 13.2 Å². The third-order valence-corrected chi connectivity index (χ3v) is 2.09. The summed E-state index contributed by atoms with van der Waals surface area (Å²) >= 11 is 0. The van der Waals surface area contributed by atoms with Crippen molar-refractivity contribution in [1.82, 2.24) is 10.2 Å². The maximum atomic E-state index is 12.2. The molecule has 0 aliphatic rings. The lowest BCUT2D eigenvalue weighted by molar-refractivity contribution is -0.141. The Bertz CT molecular complexity index is 352. The predicted octanol–water partition coefficient (Wildman–Crippen LogP) is 0.615. The van der Waals surface area contributed by atoms with Gasteiger partial charge in [0.1, 0.15) is 5.82 Å². The van der Waals surface area contributed by atoms with Crippen LogP contribution in [0.4, 0.5) is 19.0 Å². The maximum Gasteiger partial charge on any atom is 0.435 e. The van der Waals surface area contributed by atoms with E-state index >= 15 is 0 Å². The van der Waals surface area contributed by atoms with E-state index < -0.39 is 24.0 Å². The van der Waals surface area contributed by atoms with Crippen LogP contribution in [0.25, 0.3) is 0 Å². The molecule has 0 spiro atoms. The van der Waals surface area contributed by atoms with Crippen LogP contribution >= 0.6 is 0 Å². The molecule has 4 N–H and O–H groups in total. The van der Waals surface area contributed by atoms with Gasteiger partial charge >= 0.3 is 6.18 Å². The van der Waals surface area contributed by atoms with Crippen molar-refractivity contribution in [2.24, 2.45) is 5.73 Å². The number of aliphatic hydroxyl groups is 1. The summed E-state index contributed by atoms with van der Waals surface area (Å²) in [4.78, 5) is 0. The van der Waals surface area contributed by atoms with Crippen LogP contribution in [-0.2, 0) is 6.18 Å². The van der Waals surface area contributed by atoms with Crippen molar-refractivity contribution in [2.45, 2.75) is 25.2 Å². The van der Waals surface area contributed by atoms with E-state index in [0.29, 0.717) is 0 Å². The molecule has 0 aliphatic heterocycles. The van der Waals surface area contributed by atoms with Crippen molar-refractivity contribution in [3.63, 3.8) is 0 Å². The van der Waals surface area contributed by atoms with Gasteiger partial charge in [-0.1, -0.05) is 0 Å². The molecule has 1 aromatic rings. The molecule has 8 heteroatoms. The molecule has 17 heavy (non-hydrogen) atoms. The van der Waals surface area contributed by atoms with Gasteiger partial charge < -0.3 is 16.2 Å². The SMILES string of the molecule is CC(O)C(N)CNc1ccc(C(F)(F)F)nn1. The van der Waals surface area contributed by atoms with E-state index in [-0.39, 0.29) is 12.4 Å². The van der Waals surface area contributed by atoms with E-state index in [1.807, 2.05) is 0 Å². The van der Waals surface area contributed by atoms with Crippen LogP contribution in [0.1, 0.15) is 12.6 Å². The van der Waals surface area contributed by atoms with Gasteiger partial charge in [-0.25, -0.2) is 0 Å². The minimum Gasteiger partial charge on any atom is -0.392 e. The molecule has 96 valence electrons. The van der Waals surface area contributed by atoms with Crippen LogP contribution in [0, 0.1) is 0 Å². The highest BCUT2D eigenvalue weighted by molar-refractivity contribution is 5.33. The largest absolute Gasteiger partial charge is 0.435 e. The zero-order chi connectivity index (χ0) is 13.1. The summed E-state index contributed by atoms with van der Waals surface area (Å²) in [5, 5.41) is 18.2. The average molecular weight is 250 g/mol. The van der Waals surface area contributed by atoms with Crippen LogP contribution < -0.4 is 11.1 Å². The Labute approximate surface area is 95.8 Å². The molecule has 0 saturated heterocycles. The summed E-state index contributed by atoms with van der Waals surface area (Å²) in [7, 11) is 0. The van der Waals surface area contributed by atoms with Crippen LogP contribution in [-0.4, -0.2) is 34.0 Å². The fraction of sp³-hybridized carbons (Fsp3) is 0.556. The summed E-state index contributed by atoms with van der Waals surface area (Å²) in [6, 6.07) is 1.45. The summed E-state index contributed by atoms with van der Waals surface area (Å²) in [6.45, 7) is 1.71. The Kier molecular flexibility index (Phi) is 4.24. The molecule has 0 aliphatic carbocycles. The number of halogens is 3. The van der Waals surface area contributed by atoms with Gasteiger partial charge in [0.2, 0.25) is 0 Å². The number of anilines is 1. The normalized spacial score (nSPS) is 15.4. The first-order valence-electron chi connectivity index (χ1n) is 4.89. The number of aromatic nitrogens is 2. The highest BCUT2D eigenvalue weighted by atomic mass is 19.4. The third-order valence-electron chi connectivity index (χ3n) is 2.09. The Hall–Kier alpha value is -1.41. The third kappa shape index (κ3) is 4.16. The molecule has 2 atom stereocenters. The summed E-state index contributed by atoms with van der Waals surface area (Å²) < 4.78 is 36.5. The van der Waals surface area contributed by atoms with E-state index in [1.165, 1.54) is 6.92 Å². The Morgan fingerprint density at radius 1 is 1.41 bits per heavy atom. The molecule has 0 fully saturated rings. The van der Waals surface area contributed by atoms with Crippen molar-refractivity contribution >= 4 is 5.82 Å². The molecule has 0 bridgehead atoms. The standard InChI is InChI=1S/C9H13F3N4O/c1-5(17)6(13)4-14-8-3-2-7(15-16-8)9(10,11)12/h2-3,5-6,17H,4,13H2,1H3,(H,14,16). The monoisotopic (exact) mass is 250 g/mol. The molecule has 2 unspecified atom stereocenters. The van der Waals surface area contributed by atoms with Gasteiger partial charge in [-0.3, -0.25) is 0 Å². The van der Waals surface area contributed by atoms with Gasteiger partial charge in [0.25, 0.3) is 0 Å². The summed E-state index contributed by atoms with van der Waals surface area (Å²) in [6.07, 6.45) is -5.22. The maximum absolute atomic E-state index is 12.2. The van der Waals surface area contributed by atoms with E-state index in [4.69, 9.17) is 10.8 Å². The van der Waals surface area contributed by atoms with Gasteiger partial charge in [0, 0.05) is 12.6 Å². The molecule has 5 nitrogen and oxygen atoms in total. The molecule has 0 radical (unpaired) electrons. The van der Waals surface area contributed by atoms with Crippen molar-refractivity contribution < 1.29 is 18.3 Å². The van der Waals surface area contributed by atoms with Gasteiger partial charge in [0.05, 0.1) is 6.10 Å². The first-order chi connectivity index (χ1) is 7.80. The number of rotatable bonds is 4. The number of nitrogens with two attached hydrogens (primary N) is 1. The first kappa shape index (κ1) is 13.7. The minimum absolute atomic E-state index is 0.175. The van der Waals surface area contributed by atoms with Crippen molar-refractivity contribution in [2.75, 3.05) is 11.9 Å². The van der Waals surface area contributed by atoms with Crippen LogP contribution in [0.2, 0.25) is 0 Å². The van der Waals surface area contributed by atoms with E-state index in [1.54, 1.807) is 0 Å². The topological polar surface area (TPSA) is 84.1 Å². The Morgan fingerprint density at radius 2 is 2.06 bits per heavy atom. The highest BCUT2D eigenvalue weighted by Crippen LogP contribution is 2.26. The Morgan fingerprint density at radius 3 is 2.47 bits per heavy atom. The smallest absolute Gasteiger partial charge is 0.392 e. The van der Waals surface area contributed by atoms with Crippen molar-refractivity contribution in [1.29, 1.82) is 0 Å². The second kappa shape index (κ2) is 5.28. The lowest BCUT2D eigenvalue weighted by Crippen LogP contribution is -2.38. The summed E-state index contributed by atoms with van der Waals surface area (Å²) in [5.41, 5.74) is 4.47. The molecule has 0 saturated carbocycles. The lowest BCUT2D eigenvalue weighted by Gasteiger charge is -2.15. The van der Waals surface area contributed by atoms with Crippen LogP contribution in [0.3, 0.4) is 0 Å². The van der Waals surface area contributed by atoms with Gasteiger partial charge in [-0.15, -0.1) is 10.2 Å². The number of hydrogen-bond donors (Lipinski definition) is 3. The van der Waals surface area contributed by atoms with Crippen molar-refractivity contribution in [3.05, 3.63) is 17.8 Å². The molecular weight excluding hydrogens is 237 g/mol. The first-order valence-corrected chi connectivity index (χ1v) is 4.89. The van der Waals surface area contributed by atoms with Gasteiger partial charge in [-0.05, 0) is 19.1 Å².